The van der Waals surface area contributed by atoms with Crippen LogP contribution in [0.15, 0.2) is 24.3 Å². The van der Waals surface area contributed by atoms with Gasteiger partial charge >= 0.3 is 5.97 Å². The second-order valence-electron chi connectivity index (χ2n) is 3.24. The predicted octanol–water partition coefficient (Wildman–Crippen LogP) is 1.55. The number of carbonyl (C=O) groups excluding carboxylic acids is 1. The summed E-state index contributed by atoms with van der Waals surface area (Å²) in [6.07, 6.45) is 0.603. The lowest BCUT2D eigenvalue weighted by Gasteiger charge is -2.03. The van der Waals surface area contributed by atoms with Gasteiger partial charge in [0, 0.05) is 0 Å². The van der Waals surface area contributed by atoms with Gasteiger partial charge in [-0.05, 0) is 24.1 Å². The van der Waals surface area contributed by atoms with Crippen molar-refractivity contribution in [1.29, 1.82) is 0 Å². The number of hydrogen-bond acceptors (Lipinski definition) is 3. The first-order valence-electron chi connectivity index (χ1n) is 4.72. The summed E-state index contributed by atoms with van der Waals surface area (Å²) in [7, 11) is 0. The number of hydrogen-bond donors (Lipinski definition) is 0. The number of benzene rings is 1. The first-order valence-corrected chi connectivity index (χ1v) is 4.72. The quantitative estimate of drug-likeness (QED) is 0.414. The minimum atomic E-state index is -0.333. The Morgan fingerprint density at radius 2 is 2.43 bits per heavy atom. The number of epoxide rings is 1. The van der Waals surface area contributed by atoms with Crippen molar-refractivity contribution < 1.29 is 14.3 Å². The molecule has 0 saturated carbocycles. The predicted molar refractivity (Wildman–Crippen MR) is 51.2 cm³/mol. The fourth-order valence-corrected chi connectivity index (χ4v) is 1.19. The Hall–Kier alpha value is -1.35. The van der Waals surface area contributed by atoms with E-state index in [0.717, 1.165) is 12.0 Å². The maximum absolute atomic E-state index is 11.2. The van der Waals surface area contributed by atoms with E-state index in [1.165, 1.54) is 0 Å². The molecule has 2 rings (SSSR count). The topological polar surface area (TPSA) is 38.8 Å². The molecule has 1 aromatic carbocycles. The summed E-state index contributed by atoms with van der Waals surface area (Å²) >= 11 is 0. The van der Waals surface area contributed by atoms with Crippen LogP contribution in [0.1, 0.15) is 12.5 Å². The monoisotopic (exact) mass is 192 g/mol. The third-order valence-electron chi connectivity index (χ3n) is 2.12. The van der Waals surface area contributed by atoms with Crippen LogP contribution in [0.25, 0.3) is 0 Å². The zero-order valence-corrected chi connectivity index (χ0v) is 8.03. The Labute approximate surface area is 82.6 Å². The molecule has 0 aromatic heterocycles. The first kappa shape index (κ1) is 9.21. The van der Waals surface area contributed by atoms with E-state index < -0.39 is 0 Å². The molecule has 0 spiro atoms. The lowest BCUT2D eigenvalue weighted by atomic mass is 10.2. The van der Waals surface area contributed by atoms with Crippen LogP contribution in [-0.2, 0) is 16.0 Å². The van der Waals surface area contributed by atoms with Gasteiger partial charge in [0.05, 0.1) is 6.61 Å². The summed E-state index contributed by atoms with van der Waals surface area (Å²) in [6.45, 7) is 2.55. The van der Waals surface area contributed by atoms with Crippen LogP contribution in [0.5, 0.6) is 5.75 Å². The molecule has 0 radical (unpaired) electrons. The van der Waals surface area contributed by atoms with Gasteiger partial charge in [-0.25, -0.2) is 4.79 Å². The van der Waals surface area contributed by atoms with E-state index in [1.807, 2.05) is 18.2 Å². The molecule has 0 bridgehead atoms. The molecule has 74 valence electrons. The molecular weight excluding hydrogens is 180 g/mol. The molecule has 1 heterocycles. The van der Waals surface area contributed by atoms with Gasteiger partial charge in [0.15, 0.2) is 6.10 Å². The summed E-state index contributed by atoms with van der Waals surface area (Å²) in [5.74, 6) is 0.308. The molecule has 1 fully saturated rings. The van der Waals surface area contributed by atoms with E-state index in [-0.39, 0.29) is 12.1 Å². The Morgan fingerprint density at radius 3 is 3.07 bits per heavy atom. The fraction of sp³-hybridized carbons (Fsp3) is 0.364. The minimum absolute atomic E-state index is 0.293. The van der Waals surface area contributed by atoms with Crippen LogP contribution < -0.4 is 4.74 Å². The van der Waals surface area contributed by atoms with E-state index in [9.17, 15) is 4.79 Å². The van der Waals surface area contributed by atoms with Crippen molar-refractivity contribution in [2.75, 3.05) is 6.61 Å². The van der Waals surface area contributed by atoms with Crippen molar-refractivity contribution in [1.82, 2.24) is 0 Å². The van der Waals surface area contributed by atoms with Crippen molar-refractivity contribution in [2.45, 2.75) is 19.4 Å². The largest absolute Gasteiger partial charge is 0.425 e. The number of esters is 1. The summed E-state index contributed by atoms with van der Waals surface area (Å²) < 4.78 is 9.94. The normalized spacial score (nSPS) is 19.1. The minimum Gasteiger partial charge on any atom is -0.425 e. The maximum Gasteiger partial charge on any atom is 0.343 e. The Balaban J connectivity index is 2.04. The van der Waals surface area contributed by atoms with Crippen molar-refractivity contribution in [3.05, 3.63) is 29.8 Å². The summed E-state index contributed by atoms with van der Waals surface area (Å²) in [5.41, 5.74) is 1.16. The van der Waals surface area contributed by atoms with Gasteiger partial charge in [-0.2, -0.15) is 0 Å². The molecule has 0 N–H and O–H groups in total. The van der Waals surface area contributed by atoms with Crippen molar-refractivity contribution in [3.8, 4) is 5.75 Å². The zero-order valence-electron chi connectivity index (χ0n) is 8.03. The Bertz CT molecular complexity index is 342. The Morgan fingerprint density at radius 1 is 1.64 bits per heavy atom. The molecular formula is C11H12O3. The van der Waals surface area contributed by atoms with Gasteiger partial charge in [0.1, 0.15) is 5.75 Å². The molecule has 0 aliphatic carbocycles. The molecule has 3 heteroatoms. The van der Waals surface area contributed by atoms with E-state index in [0.29, 0.717) is 12.4 Å². The van der Waals surface area contributed by atoms with Crippen LogP contribution >= 0.6 is 0 Å². The standard InChI is InChI=1S/C11H12O3/c1-2-8-4-3-5-9(6-8)14-11(12)10-7-13-10/h3-6,10H,2,7H2,1H3. The van der Waals surface area contributed by atoms with E-state index in [1.54, 1.807) is 6.07 Å². The third-order valence-corrected chi connectivity index (χ3v) is 2.12. The molecule has 3 nitrogen and oxygen atoms in total. The maximum atomic E-state index is 11.2. The highest BCUT2D eigenvalue weighted by molar-refractivity contribution is 5.79. The number of aryl methyl sites for hydroxylation is 1. The highest BCUT2D eigenvalue weighted by Gasteiger charge is 2.33. The van der Waals surface area contributed by atoms with Gasteiger partial charge in [-0.15, -0.1) is 0 Å². The number of rotatable bonds is 3. The second kappa shape index (κ2) is 3.80. The van der Waals surface area contributed by atoms with E-state index in [2.05, 4.69) is 6.92 Å². The lowest BCUT2D eigenvalue weighted by Crippen LogP contribution is -2.14. The third kappa shape index (κ3) is 2.12. The average molecular weight is 192 g/mol. The first-order chi connectivity index (χ1) is 6.79. The van der Waals surface area contributed by atoms with Gasteiger partial charge in [-0.3, -0.25) is 0 Å². The molecule has 14 heavy (non-hydrogen) atoms. The van der Waals surface area contributed by atoms with E-state index in [4.69, 9.17) is 9.47 Å². The SMILES string of the molecule is CCc1cccc(OC(=O)C2CO2)c1. The molecule has 1 unspecified atom stereocenters. The number of ether oxygens (including phenoxy) is 2. The second-order valence-corrected chi connectivity index (χ2v) is 3.24. The molecule has 1 aliphatic heterocycles. The summed E-state index contributed by atoms with van der Waals surface area (Å²) in [6, 6.07) is 7.54. The van der Waals surface area contributed by atoms with Crippen molar-refractivity contribution in [2.24, 2.45) is 0 Å². The highest BCUT2D eigenvalue weighted by atomic mass is 16.6. The van der Waals surface area contributed by atoms with Gasteiger partial charge in [-0.1, -0.05) is 19.1 Å². The molecule has 1 aliphatic rings. The van der Waals surface area contributed by atoms with Gasteiger partial charge < -0.3 is 9.47 Å². The zero-order chi connectivity index (χ0) is 9.97. The number of carbonyl (C=O) groups is 1. The molecule has 1 aromatic rings. The molecule has 1 saturated heterocycles. The van der Waals surface area contributed by atoms with Crippen molar-refractivity contribution >= 4 is 5.97 Å². The Kier molecular flexibility index (Phi) is 2.50. The van der Waals surface area contributed by atoms with Crippen LogP contribution in [0.3, 0.4) is 0 Å². The summed E-state index contributed by atoms with van der Waals surface area (Å²) in [4.78, 5) is 11.2. The lowest BCUT2D eigenvalue weighted by molar-refractivity contribution is -0.135. The average Bonchev–Trinajstić information content (AvgIpc) is 3.01. The van der Waals surface area contributed by atoms with Crippen LogP contribution in [0, 0.1) is 0 Å². The van der Waals surface area contributed by atoms with Crippen LogP contribution in [0.4, 0.5) is 0 Å². The van der Waals surface area contributed by atoms with Crippen LogP contribution in [0.2, 0.25) is 0 Å². The fourth-order valence-electron chi connectivity index (χ4n) is 1.19. The summed E-state index contributed by atoms with van der Waals surface area (Å²) in [5, 5.41) is 0. The molecule has 1 atom stereocenters. The van der Waals surface area contributed by atoms with E-state index >= 15 is 0 Å². The highest BCUT2D eigenvalue weighted by Crippen LogP contribution is 2.17. The smallest absolute Gasteiger partial charge is 0.343 e. The van der Waals surface area contributed by atoms with Crippen molar-refractivity contribution in [3.63, 3.8) is 0 Å². The van der Waals surface area contributed by atoms with Gasteiger partial charge in [0.25, 0.3) is 0 Å². The molecule has 0 amide bonds. The van der Waals surface area contributed by atoms with Crippen LogP contribution in [-0.4, -0.2) is 18.7 Å². The van der Waals surface area contributed by atoms with Gasteiger partial charge in [0.2, 0.25) is 0 Å².